The number of carbonyl (C=O) groups excluding carboxylic acids is 1. The Bertz CT molecular complexity index is 554. The molecule has 4 nitrogen and oxygen atoms in total. The van der Waals surface area contributed by atoms with Crippen LogP contribution in [0.2, 0.25) is 0 Å². The topological polar surface area (TPSA) is 62.1 Å². The molecule has 1 N–H and O–H groups in total. The van der Waals surface area contributed by atoms with E-state index in [1.807, 2.05) is 12.1 Å². The van der Waals surface area contributed by atoms with Crippen LogP contribution < -0.4 is 10.1 Å². The summed E-state index contributed by atoms with van der Waals surface area (Å²) in [5, 5.41) is 12.2. The van der Waals surface area contributed by atoms with Crippen LogP contribution in [0.15, 0.2) is 18.2 Å². The molecule has 0 spiro atoms. The van der Waals surface area contributed by atoms with E-state index < -0.39 is 5.54 Å². The molecular formula is C15H16N2O2. The van der Waals surface area contributed by atoms with Gasteiger partial charge in [-0.2, -0.15) is 5.26 Å². The van der Waals surface area contributed by atoms with Gasteiger partial charge in [-0.05, 0) is 49.4 Å². The summed E-state index contributed by atoms with van der Waals surface area (Å²) < 4.78 is 5.42. The zero-order chi connectivity index (χ0) is 13.3. The van der Waals surface area contributed by atoms with Crippen molar-refractivity contribution in [2.24, 2.45) is 0 Å². The average Bonchev–Trinajstić information content (AvgIpc) is 3.06. The molecule has 1 aromatic rings. The minimum atomic E-state index is -0.660. The first kappa shape index (κ1) is 12.0. The van der Waals surface area contributed by atoms with Gasteiger partial charge in [-0.1, -0.05) is 0 Å². The molecule has 0 bridgehead atoms. The van der Waals surface area contributed by atoms with Gasteiger partial charge in [0.2, 0.25) is 0 Å². The van der Waals surface area contributed by atoms with Crippen molar-refractivity contribution in [3.05, 3.63) is 29.3 Å². The highest BCUT2D eigenvalue weighted by molar-refractivity contribution is 5.95. The third-order valence-electron chi connectivity index (χ3n) is 3.98. The van der Waals surface area contributed by atoms with E-state index in [1.54, 1.807) is 6.07 Å². The summed E-state index contributed by atoms with van der Waals surface area (Å²) in [5.74, 6) is 0.713. The number of nitrogens with zero attached hydrogens (tertiary/aromatic N) is 1. The van der Waals surface area contributed by atoms with Crippen LogP contribution in [0.5, 0.6) is 5.75 Å². The fourth-order valence-corrected chi connectivity index (χ4v) is 2.86. The summed E-state index contributed by atoms with van der Waals surface area (Å²) >= 11 is 0. The zero-order valence-electron chi connectivity index (χ0n) is 10.7. The minimum absolute atomic E-state index is 0.154. The second-order valence-electron chi connectivity index (χ2n) is 5.28. The van der Waals surface area contributed by atoms with E-state index in [-0.39, 0.29) is 5.91 Å². The van der Waals surface area contributed by atoms with Gasteiger partial charge in [0.15, 0.2) is 0 Å². The van der Waals surface area contributed by atoms with E-state index in [0.29, 0.717) is 12.2 Å². The van der Waals surface area contributed by atoms with E-state index in [1.165, 1.54) is 0 Å². The number of hydrogen-bond donors (Lipinski definition) is 1. The number of rotatable bonds is 2. The molecule has 1 saturated carbocycles. The molecule has 1 heterocycles. The maximum absolute atomic E-state index is 12.3. The minimum Gasteiger partial charge on any atom is -0.493 e. The summed E-state index contributed by atoms with van der Waals surface area (Å²) in [5.41, 5.74) is 1.03. The SMILES string of the molecule is N#CC1(NC(=O)c2ccc3c(c2)CCO3)CCCC1. The molecule has 1 aliphatic heterocycles. The molecular weight excluding hydrogens is 240 g/mol. The fourth-order valence-electron chi connectivity index (χ4n) is 2.86. The number of ether oxygens (including phenoxy) is 1. The molecule has 0 unspecified atom stereocenters. The lowest BCUT2D eigenvalue weighted by molar-refractivity contribution is 0.0920. The molecule has 98 valence electrons. The van der Waals surface area contributed by atoms with Gasteiger partial charge in [-0.25, -0.2) is 0 Å². The molecule has 0 radical (unpaired) electrons. The van der Waals surface area contributed by atoms with Crippen LogP contribution in [0.1, 0.15) is 41.6 Å². The first-order chi connectivity index (χ1) is 9.22. The number of nitrogens with one attached hydrogen (secondary N) is 1. The Hall–Kier alpha value is -2.02. The quantitative estimate of drug-likeness (QED) is 0.882. The van der Waals surface area contributed by atoms with Crippen molar-refractivity contribution in [2.75, 3.05) is 6.61 Å². The standard InChI is InChI=1S/C15H16N2O2/c16-10-15(6-1-2-7-15)17-14(18)12-3-4-13-11(9-12)5-8-19-13/h3-4,9H,1-2,5-8H2,(H,17,18). The maximum Gasteiger partial charge on any atom is 0.252 e. The summed E-state index contributed by atoms with van der Waals surface area (Å²) in [6, 6.07) is 7.75. The van der Waals surface area contributed by atoms with Crippen LogP contribution in [-0.4, -0.2) is 18.1 Å². The van der Waals surface area contributed by atoms with Gasteiger partial charge in [0, 0.05) is 12.0 Å². The monoisotopic (exact) mass is 256 g/mol. The molecule has 4 heteroatoms. The summed E-state index contributed by atoms with van der Waals surface area (Å²) in [4.78, 5) is 12.3. The van der Waals surface area contributed by atoms with Crippen molar-refractivity contribution in [1.82, 2.24) is 5.32 Å². The van der Waals surface area contributed by atoms with Crippen LogP contribution in [-0.2, 0) is 6.42 Å². The van der Waals surface area contributed by atoms with E-state index in [4.69, 9.17) is 4.74 Å². The summed E-state index contributed by atoms with van der Waals surface area (Å²) in [6.45, 7) is 0.683. The van der Waals surface area contributed by atoms with Crippen molar-refractivity contribution < 1.29 is 9.53 Å². The lowest BCUT2D eigenvalue weighted by Crippen LogP contribution is -2.45. The summed E-state index contributed by atoms with van der Waals surface area (Å²) in [6.07, 6.45) is 4.37. The van der Waals surface area contributed by atoms with Gasteiger partial charge in [0.1, 0.15) is 11.3 Å². The number of fused-ring (bicyclic) bond motifs is 1. The first-order valence-corrected chi connectivity index (χ1v) is 6.72. The number of amides is 1. The molecule has 2 aliphatic rings. The van der Waals surface area contributed by atoms with E-state index in [9.17, 15) is 10.1 Å². The van der Waals surface area contributed by atoms with Crippen molar-refractivity contribution in [3.8, 4) is 11.8 Å². The molecule has 1 amide bonds. The Morgan fingerprint density at radius 2 is 2.16 bits per heavy atom. The molecule has 0 atom stereocenters. The Labute approximate surface area is 112 Å². The van der Waals surface area contributed by atoms with Crippen molar-refractivity contribution in [3.63, 3.8) is 0 Å². The average molecular weight is 256 g/mol. The number of nitriles is 1. The smallest absolute Gasteiger partial charge is 0.252 e. The van der Waals surface area contributed by atoms with Crippen LogP contribution in [0.4, 0.5) is 0 Å². The summed E-state index contributed by atoms with van der Waals surface area (Å²) in [7, 11) is 0. The highest BCUT2D eigenvalue weighted by Crippen LogP contribution is 2.30. The lowest BCUT2D eigenvalue weighted by atomic mass is 9.98. The molecule has 0 aromatic heterocycles. The van der Waals surface area contributed by atoms with Gasteiger partial charge in [0.25, 0.3) is 5.91 Å². The Morgan fingerprint density at radius 1 is 1.37 bits per heavy atom. The maximum atomic E-state index is 12.3. The largest absolute Gasteiger partial charge is 0.493 e. The van der Waals surface area contributed by atoms with Crippen LogP contribution >= 0.6 is 0 Å². The number of hydrogen-bond acceptors (Lipinski definition) is 3. The van der Waals surface area contributed by atoms with Crippen molar-refractivity contribution in [1.29, 1.82) is 5.26 Å². The molecule has 1 aliphatic carbocycles. The van der Waals surface area contributed by atoms with Crippen molar-refractivity contribution in [2.45, 2.75) is 37.6 Å². The Balaban J connectivity index is 1.79. The van der Waals surface area contributed by atoms with Gasteiger partial charge in [-0.15, -0.1) is 0 Å². The highest BCUT2D eigenvalue weighted by Gasteiger charge is 2.35. The van der Waals surface area contributed by atoms with Crippen LogP contribution in [0.25, 0.3) is 0 Å². The van der Waals surface area contributed by atoms with Crippen LogP contribution in [0.3, 0.4) is 0 Å². The van der Waals surface area contributed by atoms with Gasteiger partial charge >= 0.3 is 0 Å². The van der Waals surface area contributed by atoms with Crippen LogP contribution in [0, 0.1) is 11.3 Å². The second-order valence-corrected chi connectivity index (χ2v) is 5.28. The molecule has 0 saturated heterocycles. The second kappa shape index (κ2) is 4.58. The molecule has 19 heavy (non-hydrogen) atoms. The molecule has 1 fully saturated rings. The van der Waals surface area contributed by atoms with Crippen molar-refractivity contribution >= 4 is 5.91 Å². The fraction of sp³-hybridized carbons (Fsp3) is 0.467. The number of carbonyl (C=O) groups is 1. The van der Waals surface area contributed by atoms with Gasteiger partial charge < -0.3 is 10.1 Å². The van der Waals surface area contributed by atoms with Gasteiger partial charge in [-0.3, -0.25) is 4.79 Å². The van der Waals surface area contributed by atoms with E-state index >= 15 is 0 Å². The third kappa shape index (κ3) is 2.17. The highest BCUT2D eigenvalue weighted by atomic mass is 16.5. The lowest BCUT2D eigenvalue weighted by Gasteiger charge is -2.22. The third-order valence-corrected chi connectivity index (χ3v) is 3.98. The zero-order valence-corrected chi connectivity index (χ0v) is 10.7. The van der Waals surface area contributed by atoms with E-state index in [2.05, 4.69) is 11.4 Å². The Morgan fingerprint density at radius 3 is 2.89 bits per heavy atom. The van der Waals surface area contributed by atoms with E-state index in [0.717, 1.165) is 43.4 Å². The first-order valence-electron chi connectivity index (χ1n) is 6.72. The predicted octanol–water partition coefficient (Wildman–Crippen LogP) is 2.19. The van der Waals surface area contributed by atoms with Gasteiger partial charge in [0.05, 0.1) is 12.7 Å². The number of benzene rings is 1. The normalized spacial score (nSPS) is 19.3. The molecule has 3 rings (SSSR count). The molecule has 1 aromatic carbocycles. The Kier molecular flexibility index (Phi) is 2.90. The predicted molar refractivity (Wildman–Crippen MR) is 69.9 cm³/mol.